The summed E-state index contributed by atoms with van der Waals surface area (Å²) in [6, 6.07) is 18.6. The van der Waals surface area contributed by atoms with Crippen LogP contribution < -0.4 is 31.2 Å². The summed E-state index contributed by atoms with van der Waals surface area (Å²) in [5.74, 6) is 0.937. The highest BCUT2D eigenvalue weighted by molar-refractivity contribution is 5.91. The highest BCUT2D eigenvalue weighted by atomic mass is 79.9. The molecule has 0 bridgehead atoms. The van der Waals surface area contributed by atoms with E-state index < -0.39 is 0 Å². The topological polar surface area (TPSA) is 33.4 Å². The fourth-order valence-corrected chi connectivity index (χ4v) is 5.26. The molecule has 5 heteroatoms. The number of rotatable bonds is 19. The molecule has 3 aromatic rings. The van der Waals surface area contributed by atoms with Gasteiger partial charge in [0.05, 0.1) is 13.2 Å². The number of nitrogens with zero attached hydrogens (tertiary/aromatic N) is 2. The van der Waals surface area contributed by atoms with E-state index in [-0.39, 0.29) is 22.9 Å². The van der Waals surface area contributed by atoms with Gasteiger partial charge in [0.2, 0.25) is 5.91 Å². The van der Waals surface area contributed by atoms with Crippen molar-refractivity contribution in [1.82, 2.24) is 0 Å². The van der Waals surface area contributed by atoms with Crippen LogP contribution in [0.5, 0.6) is 5.75 Å². The molecule has 2 aromatic carbocycles. The SMILES string of the molecule is CCCCCCCCCCCCCCOc1ccc(CN(C(C)=O)c2cccc(C[n+]3ccc(C)c(C)c3)c2)cc1.[Br-]. The Bertz CT molecular complexity index is 1180. The summed E-state index contributed by atoms with van der Waals surface area (Å²) in [6.45, 7) is 10.2. The van der Waals surface area contributed by atoms with Gasteiger partial charge in [-0.3, -0.25) is 4.79 Å². The maximum absolute atomic E-state index is 12.6. The van der Waals surface area contributed by atoms with Crippen LogP contribution in [0.25, 0.3) is 0 Å². The molecule has 0 atom stereocenters. The standard InChI is InChI=1S/C37H53N2O2.BrH/c1-5-6-7-8-9-10-11-12-13-14-15-16-26-41-37-22-20-34(21-23-37)30-39(33(4)40)36-19-17-18-35(27-36)29-38-25-24-31(2)32(3)28-38;/h17-25,27-28H,5-16,26,29-30H2,1-4H3;1H/q+1;/p-1. The normalized spacial score (nSPS) is 10.8. The zero-order chi connectivity index (χ0) is 29.3. The number of anilines is 1. The fraction of sp³-hybridized carbons (Fsp3) is 0.514. The predicted octanol–water partition coefficient (Wildman–Crippen LogP) is 6.28. The lowest BCUT2D eigenvalue weighted by atomic mass is 10.1. The van der Waals surface area contributed by atoms with Crippen molar-refractivity contribution in [3.8, 4) is 5.75 Å². The van der Waals surface area contributed by atoms with E-state index in [0.29, 0.717) is 6.54 Å². The van der Waals surface area contributed by atoms with Crippen molar-refractivity contribution in [2.75, 3.05) is 11.5 Å². The molecule has 42 heavy (non-hydrogen) atoms. The molecule has 3 rings (SSSR count). The van der Waals surface area contributed by atoms with Crippen LogP contribution in [-0.2, 0) is 17.9 Å². The molecule has 0 aliphatic heterocycles. The zero-order valence-corrected chi connectivity index (χ0v) is 28.1. The molecule has 0 saturated heterocycles. The third-order valence-electron chi connectivity index (χ3n) is 8.00. The number of unbranched alkanes of at least 4 members (excludes halogenated alkanes) is 11. The third-order valence-corrected chi connectivity index (χ3v) is 8.00. The number of amides is 1. The lowest BCUT2D eigenvalue weighted by Gasteiger charge is -2.22. The molecule has 0 fully saturated rings. The molecule has 1 heterocycles. The molecule has 0 saturated carbocycles. The van der Waals surface area contributed by atoms with E-state index in [9.17, 15) is 4.79 Å². The van der Waals surface area contributed by atoms with E-state index in [4.69, 9.17) is 4.74 Å². The number of carbonyl (C=O) groups is 1. The number of halogens is 1. The van der Waals surface area contributed by atoms with Crippen molar-refractivity contribution < 1.29 is 31.1 Å². The van der Waals surface area contributed by atoms with Crippen LogP contribution in [0.4, 0.5) is 5.69 Å². The van der Waals surface area contributed by atoms with Crippen LogP contribution in [0, 0.1) is 13.8 Å². The number of pyridine rings is 1. The van der Waals surface area contributed by atoms with E-state index in [1.165, 1.54) is 87.3 Å². The number of hydrogen-bond donors (Lipinski definition) is 0. The molecule has 0 spiro atoms. The van der Waals surface area contributed by atoms with E-state index in [1.807, 2.05) is 29.2 Å². The van der Waals surface area contributed by atoms with Crippen molar-refractivity contribution in [3.63, 3.8) is 0 Å². The van der Waals surface area contributed by atoms with Crippen molar-refractivity contribution in [2.45, 2.75) is 118 Å². The minimum absolute atomic E-state index is 0. The van der Waals surface area contributed by atoms with Crippen LogP contribution in [-0.4, -0.2) is 12.5 Å². The Morgan fingerprint density at radius 3 is 1.98 bits per heavy atom. The van der Waals surface area contributed by atoms with Crippen molar-refractivity contribution in [3.05, 3.63) is 89.2 Å². The Balaban J connectivity index is 0.00000616. The van der Waals surface area contributed by atoms with Crippen LogP contribution >= 0.6 is 0 Å². The summed E-state index contributed by atoms with van der Waals surface area (Å²) in [6.07, 6.45) is 20.5. The number of ether oxygens (including phenoxy) is 1. The highest BCUT2D eigenvalue weighted by Gasteiger charge is 2.14. The van der Waals surface area contributed by atoms with Crippen molar-refractivity contribution in [1.29, 1.82) is 0 Å². The number of carbonyl (C=O) groups excluding carboxylic acids is 1. The van der Waals surface area contributed by atoms with Gasteiger partial charge in [-0.05, 0) is 55.7 Å². The molecule has 0 N–H and O–H groups in total. The van der Waals surface area contributed by atoms with Gasteiger partial charge in [-0.1, -0.05) is 102 Å². The first-order chi connectivity index (χ1) is 20.0. The molecule has 0 aliphatic rings. The highest BCUT2D eigenvalue weighted by Crippen LogP contribution is 2.21. The Morgan fingerprint density at radius 1 is 0.762 bits per heavy atom. The third kappa shape index (κ3) is 13.1. The number of benzene rings is 2. The van der Waals surface area contributed by atoms with Crippen LogP contribution in [0.3, 0.4) is 0 Å². The lowest BCUT2D eigenvalue weighted by molar-refractivity contribution is -0.688. The monoisotopic (exact) mass is 636 g/mol. The Morgan fingerprint density at radius 2 is 1.38 bits per heavy atom. The Hall–Kier alpha value is -2.66. The van der Waals surface area contributed by atoms with Crippen LogP contribution in [0.15, 0.2) is 67.0 Å². The summed E-state index contributed by atoms with van der Waals surface area (Å²) in [4.78, 5) is 14.5. The van der Waals surface area contributed by atoms with E-state index in [1.54, 1.807) is 6.92 Å². The first kappa shape index (κ1) is 35.5. The average Bonchev–Trinajstić information content (AvgIpc) is 2.97. The number of aryl methyl sites for hydroxylation is 2. The van der Waals surface area contributed by atoms with Gasteiger partial charge >= 0.3 is 0 Å². The fourth-order valence-electron chi connectivity index (χ4n) is 5.26. The summed E-state index contributed by atoms with van der Waals surface area (Å²) >= 11 is 0. The zero-order valence-electron chi connectivity index (χ0n) is 26.5. The maximum atomic E-state index is 12.6. The van der Waals surface area contributed by atoms with Gasteiger partial charge in [-0.15, -0.1) is 0 Å². The molecule has 230 valence electrons. The molecule has 0 radical (unpaired) electrons. The predicted molar refractivity (Wildman–Crippen MR) is 172 cm³/mol. The Kier molecular flexibility index (Phi) is 17.2. The minimum atomic E-state index is 0. The first-order valence-electron chi connectivity index (χ1n) is 16.0. The number of hydrogen-bond acceptors (Lipinski definition) is 2. The van der Waals surface area contributed by atoms with Crippen molar-refractivity contribution >= 4 is 11.6 Å². The molecule has 1 aromatic heterocycles. The first-order valence-corrected chi connectivity index (χ1v) is 16.0. The van der Waals surface area contributed by atoms with E-state index >= 15 is 0 Å². The quantitative estimate of drug-likeness (QED) is 0.115. The Labute approximate surface area is 266 Å². The van der Waals surface area contributed by atoms with Crippen LogP contribution in [0.1, 0.15) is 113 Å². The smallest absolute Gasteiger partial charge is 0.224 e. The van der Waals surface area contributed by atoms with Gasteiger partial charge in [0, 0.05) is 29.8 Å². The second-order valence-corrected chi connectivity index (χ2v) is 11.6. The van der Waals surface area contributed by atoms with Crippen molar-refractivity contribution in [2.24, 2.45) is 0 Å². The van der Waals surface area contributed by atoms with Gasteiger partial charge in [0.15, 0.2) is 18.9 Å². The number of aromatic nitrogens is 1. The van der Waals surface area contributed by atoms with Gasteiger partial charge in [0.25, 0.3) is 0 Å². The largest absolute Gasteiger partial charge is 1.00 e. The molecule has 1 amide bonds. The lowest BCUT2D eigenvalue weighted by Crippen LogP contribution is -3.00. The average molecular weight is 638 g/mol. The van der Waals surface area contributed by atoms with Gasteiger partial charge in [0.1, 0.15) is 5.75 Å². The summed E-state index contributed by atoms with van der Waals surface area (Å²) < 4.78 is 8.19. The van der Waals surface area contributed by atoms with E-state index in [0.717, 1.165) is 36.6 Å². The molecular formula is C37H53BrN2O2. The molecular weight excluding hydrogens is 584 g/mol. The molecule has 0 unspecified atom stereocenters. The van der Waals surface area contributed by atoms with Gasteiger partial charge in [-0.25, -0.2) is 4.57 Å². The van der Waals surface area contributed by atoms with Gasteiger partial charge in [-0.2, -0.15) is 0 Å². The second kappa shape index (κ2) is 20.3. The minimum Gasteiger partial charge on any atom is -1.00 e. The van der Waals surface area contributed by atoms with Crippen LogP contribution in [0.2, 0.25) is 0 Å². The summed E-state index contributed by atoms with van der Waals surface area (Å²) in [7, 11) is 0. The van der Waals surface area contributed by atoms with E-state index in [2.05, 4.69) is 68.1 Å². The maximum Gasteiger partial charge on any atom is 0.224 e. The second-order valence-electron chi connectivity index (χ2n) is 11.6. The summed E-state index contributed by atoms with van der Waals surface area (Å²) in [5.41, 5.74) is 5.75. The molecule has 4 nitrogen and oxygen atoms in total. The van der Waals surface area contributed by atoms with Gasteiger partial charge < -0.3 is 26.6 Å². The summed E-state index contributed by atoms with van der Waals surface area (Å²) in [5, 5.41) is 0. The molecule has 0 aliphatic carbocycles.